The fraction of sp³-hybridized carbons (Fsp3) is 0.211. The van der Waals surface area contributed by atoms with Gasteiger partial charge in [0.1, 0.15) is 11.9 Å². The van der Waals surface area contributed by atoms with Crippen LogP contribution < -0.4 is 10.6 Å². The van der Waals surface area contributed by atoms with Crippen molar-refractivity contribution in [3.05, 3.63) is 58.5 Å². The van der Waals surface area contributed by atoms with E-state index in [4.69, 9.17) is 0 Å². The van der Waals surface area contributed by atoms with E-state index in [0.29, 0.717) is 5.13 Å². The lowest BCUT2D eigenvalue weighted by molar-refractivity contribution is -0.118. The number of aromatic nitrogens is 1. The standard InChI is InChI=1S/C19H18FN3O2S2/c1-11(2)16(22-17(24)12-6-3-4-7-13(12)20)18(25)23-19-21-14(10-27-19)15-8-5-9-26-15/h3-11,16H,1-2H3,(H,22,24)(H,21,23,25). The summed E-state index contributed by atoms with van der Waals surface area (Å²) in [7, 11) is 0. The van der Waals surface area contributed by atoms with E-state index in [-0.39, 0.29) is 17.4 Å². The van der Waals surface area contributed by atoms with Gasteiger partial charge in [0.15, 0.2) is 5.13 Å². The van der Waals surface area contributed by atoms with Gasteiger partial charge in [0.2, 0.25) is 5.91 Å². The summed E-state index contributed by atoms with van der Waals surface area (Å²) in [5.74, 6) is -1.82. The first-order valence-corrected chi connectivity index (χ1v) is 10.1. The van der Waals surface area contributed by atoms with Crippen LogP contribution >= 0.6 is 22.7 Å². The Balaban J connectivity index is 1.70. The van der Waals surface area contributed by atoms with Crippen LogP contribution in [0, 0.1) is 11.7 Å². The van der Waals surface area contributed by atoms with Crippen LogP contribution in [-0.4, -0.2) is 22.8 Å². The molecule has 2 heterocycles. The van der Waals surface area contributed by atoms with Crippen LogP contribution in [0.4, 0.5) is 9.52 Å². The van der Waals surface area contributed by atoms with Crippen LogP contribution in [0.15, 0.2) is 47.2 Å². The van der Waals surface area contributed by atoms with E-state index in [2.05, 4.69) is 15.6 Å². The molecule has 1 atom stereocenters. The predicted octanol–water partition coefficient (Wildman–Crippen LogP) is 4.40. The summed E-state index contributed by atoms with van der Waals surface area (Å²) in [5.41, 5.74) is 0.701. The number of rotatable bonds is 6. The maximum atomic E-state index is 13.8. The number of hydrogen-bond donors (Lipinski definition) is 2. The van der Waals surface area contributed by atoms with Crippen LogP contribution in [0.5, 0.6) is 0 Å². The highest BCUT2D eigenvalue weighted by molar-refractivity contribution is 7.16. The normalized spacial score (nSPS) is 12.0. The molecular formula is C19H18FN3O2S2. The Hall–Kier alpha value is -2.58. The number of halogens is 1. The molecule has 3 aromatic rings. The summed E-state index contributed by atoms with van der Waals surface area (Å²) in [5, 5.41) is 9.63. The minimum atomic E-state index is -0.814. The lowest BCUT2D eigenvalue weighted by atomic mass is 10.0. The number of nitrogens with one attached hydrogen (secondary N) is 2. The molecule has 2 aromatic heterocycles. The molecule has 0 saturated heterocycles. The number of benzene rings is 1. The average molecular weight is 404 g/mol. The van der Waals surface area contributed by atoms with Crippen molar-refractivity contribution in [2.24, 2.45) is 5.92 Å². The molecule has 1 aromatic carbocycles. The monoisotopic (exact) mass is 403 g/mol. The van der Waals surface area contributed by atoms with Gasteiger partial charge in [-0.1, -0.05) is 32.0 Å². The molecule has 0 aliphatic heterocycles. The fourth-order valence-corrected chi connectivity index (χ4v) is 3.93. The molecule has 0 radical (unpaired) electrons. The second kappa shape index (κ2) is 8.41. The average Bonchev–Trinajstić information content (AvgIpc) is 3.30. The number of anilines is 1. The molecule has 0 aliphatic carbocycles. The Morgan fingerprint density at radius 1 is 1.11 bits per heavy atom. The number of thiophene rings is 1. The van der Waals surface area contributed by atoms with E-state index in [1.165, 1.54) is 29.5 Å². The number of carbonyl (C=O) groups excluding carboxylic acids is 2. The van der Waals surface area contributed by atoms with Crippen molar-refractivity contribution in [2.45, 2.75) is 19.9 Å². The minimum absolute atomic E-state index is 0.0924. The summed E-state index contributed by atoms with van der Waals surface area (Å²) < 4.78 is 13.8. The summed E-state index contributed by atoms with van der Waals surface area (Å²) in [4.78, 5) is 30.4. The van der Waals surface area contributed by atoms with Gasteiger partial charge in [0.25, 0.3) is 5.91 Å². The summed E-state index contributed by atoms with van der Waals surface area (Å²) in [6.45, 7) is 3.62. The smallest absolute Gasteiger partial charge is 0.254 e. The lowest BCUT2D eigenvalue weighted by Crippen LogP contribution is -2.47. The van der Waals surface area contributed by atoms with Gasteiger partial charge < -0.3 is 10.6 Å². The first-order chi connectivity index (χ1) is 13.0. The Morgan fingerprint density at radius 3 is 2.56 bits per heavy atom. The van der Waals surface area contributed by atoms with E-state index in [1.54, 1.807) is 17.4 Å². The van der Waals surface area contributed by atoms with Gasteiger partial charge in [-0.05, 0) is 29.5 Å². The molecule has 5 nitrogen and oxygen atoms in total. The molecule has 0 fully saturated rings. The molecule has 27 heavy (non-hydrogen) atoms. The van der Waals surface area contributed by atoms with Crippen molar-refractivity contribution < 1.29 is 14.0 Å². The van der Waals surface area contributed by atoms with E-state index in [9.17, 15) is 14.0 Å². The molecule has 0 bridgehead atoms. The number of carbonyl (C=O) groups is 2. The van der Waals surface area contributed by atoms with E-state index < -0.39 is 17.8 Å². The van der Waals surface area contributed by atoms with Gasteiger partial charge in [0, 0.05) is 5.38 Å². The molecular weight excluding hydrogens is 385 g/mol. The van der Waals surface area contributed by atoms with Crippen LogP contribution in [-0.2, 0) is 4.79 Å². The minimum Gasteiger partial charge on any atom is -0.340 e. The van der Waals surface area contributed by atoms with Crippen molar-refractivity contribution in [3.63, 3.8) is 0 Å². The number of hydrogen-bond acceptors (Lipinski definition) is 5. The zero-order chi connectivity index (χ0) is 19.4. The fourth-order valence-electron chi connectivity index (χ4n) is 2.45. The van der Waals surface area contributed by atoms with Crippen molar-refractivity contribution in [2.75, 3.05) is 5.32 Å². The second-order valence-electron chi connectivity index (χ2n) is 6.18. The van der Waals surface area contributed by atoms with Gasteiger partial charge in [-0.25, -0.2) is 9.37 Å². The number of nitrogens with zero attached hydrogens (tertiary/aromatic N) is 1. The molecule has 0 spiro atoms. The number of thiazole rings is 1. The molecule has 2 N–H and O–H groups in total. The Labute approximate surface area is 164 Å². The third-order valence-corrected chi connectivity index (χ3v) is 5.51. The molecule has 1 unspecified atom stereocenters. The van der Waals surface area contributed by atoms with Crippen molar-refractivity contribution >= 4 is 39.6 Å². The van der Waals surface area contributed by atoms with Crippen LogP contribution in [0.1, 0.15) is 24.2 Å². The molecule has 2 amide bonds. The molecule has 3 rings (SSSR count). The zero-order valence-electron chi connectivity index (χ0n) is 14.7. The predicted molar refractivity (Wildman–Crippen MR) is 107 cm³/mol. The van der Waals surface area contributed by atoms with Crippen molar-refractivity contribution in [1.82, 2.24) is 10.3 Å². The molecule has 0 aliphatic rings. The van der Waals surface area contributed by atoms with Crippen LogP contribution in [0.25, 0.3) is 10.6 Å². The third-order valence-electron chi connectivity index (χ3n) is 3.86. The number of amides is 2. The summed E-state index contributed by atoms with van der Waals surface area (Å²) in [6.07, 6.45) is 0. The zero-order valence-corrected chi connectivity index (χ0v) is 16.4. The van der Waals surface area contributed by atoms with Gasteiger partial charge in [-0.15, -0.1) is 22.7 Å². The Bertz CT molecular complexity index is 938. The molecule has 140 valence electrons. The maximum absolute atomic E-state index is 13.8. The van der Waals surface area contributed by atoms with E-state index in [1.807, 2.05) is 36.7 Å². The SMILES string of the molecule is CC(C)C(NC(=O)c1ccccc1F)C(=O)Nc1nc(-c2cccs2)cs1. The largest absolute Gasteiger partial charge is 0.340 e. The van der Waals surface area contributed by atoms with Gasteiger partial charge in [0.05, 0.1) is 16.1 Å². The highest BCUT2D eigenvalue weighted by atomic mass is 32.1. The quantitative estimate of drug-likeness (QED) is 0.641. The first kappa shape index (κ1) is 19.2. The van der Waals surface area contributed by atoms with Crippen molar-refractivity contribution in [3.8, 4) is 10.6 Å². The lowest BCUT2D eigenvalue weighted by Gasteiger charge is -2.21. The third kappa shape index (κ3) is 4.58. The topological polar surface area (TPSA) is 71.1 Å². The second-order valence-corrected chi connectivity index (χ2v) is 7.99. The van der Waals surface area contributed by atoms with Gasteiger partial charge in [-0.3, -0.25) is 9.59 Å². The molecule has 0 saturated carbocycles. The van der Waals surface area contributed by atoms with Crippen LogP contribution in [0.2, 0.25) is 0 Å². The first-order valence-electron chi connectivity index (χ1n) is 8.31. The van der Waals surface area contributed by atoms with Crippen molar-refractivity contribution in [1.29, 1.82) is 0 Å². The van der Waals surface area contributed by atoms with Gasteiger partial charge in [-0.2, -0.15) is 0 Å². The maximum Gasteiger partial charge on any atom is 0.254 e. The molecule has 8 heteroatoms. The van der Waals surface area contributed by atoms with E-state index >= 15 is 0 Å². The van der Waals surface area contributed by atoms with E-state index in [0.717, 1.165) is 10.6 Å². The Morgan fingerprint density at radius 2 is 1.89 bits per heavy atom. The summed E-state index contributed by atoms with van der Waals surface area (Å²) in [6, 6.07) is 8.75. The summed E-state index contributed by atoms with van der Waals surface area (Å²) >= 11 is 2.88. The van der Waals surface area contributed by atoms with Gasteiger partial charge >= 0.3 is 0 Å². The highest BCUT2D eigenvalue weighted by Crippen LogP contribution is 2.28. The van der Waals surface area contributed by atoms with Crippen LogP contribution in [0.3, 0.4) is 0 Å². The Kier molecular flexibility index (Phi) is 5.98. The highest BCUT2D eigenvalue weighted by Gasteiger charge is 2.26.